The van der Waals surface area contributed by atoms with Gasteiger partial charge in [0.05, 0.1) is 0 Å². The van der Waals surface area contributed by atoms with Crippen LogP contribution >= 0.6 is 0 Å². The Morgan fingerprint density at radius 3 is 1.50 bits per heavy atom. The topological polar surface area (TPSA) is 6.48 Å². The molecule has 0 aliphatic heterocycles. The summed E-state index contributed by atoms with van der Waals surface area (Å²) >= 11 is 0. The summed E-state index contributed by atoms with van der Waals surface area (Å²) in [6, 6.07) is 23.3. The van der Waals surface area contributed by atoms with E-state index in [0.29, 0.717) is 6.04 Å². The summed E-state index contributed by atoms with van der Waals surface area (Å²) in [6.07, 6.45) is 5.25. The van der Waals surface area contributed by atoms with Crippen molar-refractivity contribution in [1.29, 1.82) is 0 Å². The smallest absolute Gasteiger partial charge is 0.0240 e. The normalized spacial score (nSPS) is 21.3. The van der Waals surface area contributed by atoms with Gasteiger partial charge in [0.15, 0.2) is 0 Å². The zero-order valence-electron chi connectivity index (χ0n) is 15.1. The van der Waals surface area contributed by atoms with Gasteiger partial charge in [-0.2, -0.15) is 0 Å². The van der Waals surface area contributed by atoms with E-state index in [9.17, 15) is 0 Å². The maximum atomic E-state index is 2.69. The number of hydrogen-bond acceptors (Lipinski definition) is 2. The van der Waals surface area contributed by atoms with E-state index in [-0.39, 0.29) is 0 Å². The highest BCUT2D eigenvalue weighted by Crippen LogP contribution is 2.27. The lowest BCUT2D eigenvalue weighted by Gasteiger charge is -2.39. The molecule has 0 atom stereocenters. The third-order valence-corrected chi connectivity index (χ3v) is 5.37. The highest BCUT2D eigenvalue weighted by Gasteiger charge is 2.26. The number of hydrogen-bond donors (Lipinski definition) is 0. The highest BCUT2D eigenvalue weighted by molar-refractivity contribution is 5.17. The van der Waals surface area contributed by atoms with Gasteiger partial charge in [0.1, 0.15) is 0 Å². The zero-order chi connectivity index (χ0) is 16.8. The van der Waals surface area contributed by atoms with Crippen LogP contribution in [0.25, 0.3) is 0 Å². The molecule has 0 saturated heterocycles. The predicted octanol–water partition coefficient (Wildman–Crippen LogP) is 4.56. The molecule has 1 aliphatic rings. The Kier molecular flexibility index (Phi) is 6.06. The first-order chi connectivity index (χ1) is 11.7. The second-order valence-electron chi connectivity index (χ2n) is 7.30. The average Bonchev–Trinajstić information content (AvgIpc) is 2.63. The van der Waals surface area contributed by atoms with Crippen LogP contribution in [-0.4, -0.2) is 36.0 Å². The SMILES string of the molecule is CN(C)C1CCC(N(Cc2ccccc2)Cc2ccccc2)CC1. The lowest BCUT2D eigenvalue weighted by atomic mass is 9.89. The Morgan fingerprint density at radius 2 is 1.08 bits per heavy atom. The first-order valence-corrected chi connectivity index (χ1v) is 9.20. The van der Waals surface area contributed by atoms with Gasteiger partial charge in [-0.05, 0) is 50.9 Å². The average molecular weight is 322 g/mol. The molecule has 0 N–H and O–H groups in total. The van der Waals surface area contributed by atoms with Crippen molar-refractivity contribution in [2.24, 2.45) is 0 Å². The predicted molar refractivity (Wildman–Crippen MR) is 102 cm³/mol. The van der Waals surface area contributed by atoms with Crippen molar-refractivity contribution < 1.29 is 0 Å². The lowest BCUT2D eigenvalue weighted by molar-refractivity contribution is 0.106. The molecule has 0 amide bonds. The van der Waals surface area contributed by atoms with Crippen LogP contribution in [0.1, 0.15) is 36.8 Å². The van der Waals surface area contributed by atoms with Gasteiger partial charge < -0.3 is 4.90 Å². The fourth-order valence-corrected chi connectivity index (χ4v) is 3.89. The van der Waals surface area contributed by atoms with Crippen LogP contribution in [0.4, 0.5) is 0 Å². The Morgan fingerprint density at radius 1 is 0.667 bits per heavy atom. The molecule has 24 heavy (non-hydrogen) atoms. The maximum absolute atomic E-state index is 2.69. The summed E-state index contributed by atoms with van der Waals surface area (Å²) in [4.78, 5) is 5.09. The molecule has 0 aromatic heterocycles. The van der Waals surface area contributed by atoms with Crippen molar-refractivity contribution in [3.05, 3.63) is 71.8 Å². The fraction of sp³-hybridized carbons (Fsp3) is 0.455. The summed E-state index contributed by atoms with van der Waals surface area (Å²) in [7, 11) is 4.44. The lowest BCUT2D eigenvalue weighted by Crippen LogP contribution is -2.41. The molecule has 2 aromatic carbocycles. The largest absolute Gasteiger partial charge is 0.306 e. The Hall–Kier alpha value is -1.64. The zero-order valence-corrected chi connectivity index (χ0v) is 15.1. The van der Waals surface area contributed by atoms with E-state index in [1.807, 2.05) is 0 Å². The second-order valence-corrected chi connectivity index (χ2v) is 7.30. The number of benzene rings is 2. The van der Waals surface area contributed by atoms with Gasteiger partial charge in [-0.1, -0.05) is 60.7 Å². The third kappa shape index (κ3) is 4.68. The van der Waals surface area contributed by atoms with Crippen molar-refractivity contribution >= 4 is 0 Å². The Balaban J connectivity index is 1.70. The first kappa shape index (κ1) is 17.2. The minimum absolute atomic E-state index is 0.696. The van der Waals surface area contributed by atoms with Crippen LogP contribution in [0, 0.1) is 0 Å². The van der Waals surface area contributed by atoms with Crippen LogP contribution in [0.15, 0.2) is 60.7 Å². The molecule has 1 aliphatic carbocycles. The molecule has 1 saturated carbocycles. The summed E-state index contributed by atoms with van der Waals surface area (Å²) < 4.78 is 0. The molecule has 128 valence electrons. The first-order valence-electron chi connectivity index (χ1n) is 9.20. The maximum Gasteiger partial charge on any atom is 0.0240 e. The molecule has 0 spiro atoms. The van der Waals surface area contributed by atoms with Crippen molar-refractivity contribution in [1.82, 2.24) is 9.80 Å². The minimum atomic E-state index is 0.696. The molecule has 3 rings (SSSR count). The van der Waals surface area contributed by atoms with Crippen LogP contribution in [0.2, 0.25) is 0 Å². The molecule has 1 fully saturated rings. The second kappa shape index (κ2) is 8.46. The number of rotatable bonds is 6. The minimum Gasteiger partial charge on any atom is -0.306 e. The monoisotopic (exact) mass is 322 g/mol. The Labute approximate surface area is 147 Å². The molecule has 0 unspecified atom stereocenters. The van der Waals surface area contributed by atoms with Gasteiger partial charge in [-0.3, -0.25) is 4.90 Å². The molecule has 2 aromatic rings. The van der Waals surface area contributed by atoms with Crippen LogP contribution in [0.3, 0.4) is 0 Å². The summed E-state index contributed by atoms with van der Waals surface area (Å²) in [5.74, 6) is 0. The summed E-state index contributed by atoms with van der Waals surface area (Å²) in [6.45, 7) is 2.10. The van der Waals surface area contributed by atoms with Crippen molar-refractivity contribution in [2.45, 2.75) is 50.9 Å². The molecule has 2 heteroatoms. The van der Waals surface area contributed by atoms with Crippen LogP contribution in [0.5, 0.6) is 0 Å². The molecule has 0 bridgehead atoms. The van der Waals surface area contributed by atoms with E-state index in [1.165, 1.54) is 36.8 Å². The molecular weight excluding hydrogens is 292 g/mol. The van der Waals surface area contributed by atoms with Gasteiger partial charge in [0.25, 0.3) is 0 Å². The van der Waals surface area contributed by atoms with Crippen LogP contribution < -0.4 is 0 Å². The van der Waals surface area contributed by atoms with Gasteiger partial charge in [-0.25, -0.2) is 0 Å². The standard InChI is InChI=1S/C22H30N2/c1-23(2)21-13-15-22(16-14-21)24(17-19-9-5-3-6-10-19)18-20-11-7-4-8-12-20/h3-12,21-22H,13-18H2,1-2H3. The van der Waals surface area contributed by atoms with E-state index < -0.39 is 0 Å². The van der Waals surface area contributed by atoms with Crippen molar-refractivity contribution in [2.75, 3.05) is 14.1 Å². The highest BCUT2D eigenvalue weighted by atomic mass is 15.2. The van der Waals surface area contributed by atoms with E-state index >= 15 is 0 Å². The quantitative estimate of drug-likeness (QED) is 0.769. The summed E-state index contributed by atoms with van der Waals surface area (Å²) in [5, 5.41) is 0. The van der Waals surface area contributed by atoms with E-state index in [2.05, 4.69) is 84.6 Å². The molecule has 0 radical (unpaired) electrons. The number of nitrogens with zero attached hydrogens (tertiary/aromatic N) is 2. The Bertz CT molecular complexity index is 544. The van der Waals surface area contributed by atoms with Gasteiger partial charge in [0.2, 0.25) is 0 Å². The fourth-order valence-electron chi connectivity index (χ4n) is 3.89. The molecular formula is C22H30N2. The van der Waals surface area contributed by atoms with Gasteiger partial charge in [-0.15, -0.1) is 0 Å². The molecule has 2 nitrogen and oxygen atoms in total. The summed E-state index contributed by atoms with van der Waals surface area (Å²) in [5.41, 5.74) is 2.84. The van der Waals surface area contributed by atoms with Crippen molar-refractivity contribution in [3.63, 3.8) is 0 Å². The van der Waals surface area contributed by atoms with Crippen LogP contribution in [-0.2, 0) is 13.1 Å². The van der Waals surface area contributed by atoms with E-state index in [4.69, 9.17) is 0 Å². The van der Waals surface area contributed by atoms with E-state index in [0.717, 1.165) is 19.1 Å². The van der Waals surface area contributed by atoms with Crippen molar-refractivity contribution in [3.8, 4) is 0 Å². The third-order valence-electron chi connectivity index (χ3n) is 5.37. The van der Waals surface area contributed by atoms with E-state index in [1.54, 1.807) is 0 Å². The van der Waals surface area contributed by atoms with Gasteiger partial charge >= 0.3 is 0 Å². The molecule has 0 heterocycles. The van der Waals surface area contributed by atoms with Gasteiger partial charge in [0, 0.05) is 25.2 Å².